The maximum absolute atomic E-state index is 12.2. The molecule has 2 rings (SSSR count). The summed E-state index contributed by atoms with van der Waals surface area (Å²) in [6.45, 7) is 0. The monoisotopic (exact) mass is 315 g/mol. The number of carboxylic acids is 1. The Bertz CT molecular complexity index is 864. The molecule has 0 fully saturated rings. The Hall–Kier alpha value is -3.74. The Morgan fingerprint density at radius 3 is 2.74 bits per heavy atom. The zero-order valence-electron chi connectivity index (χ0n) is 11.7. The van der Waals surface area contributed by atoms with Crippen LogP contribution in [0.4, 0.5) is 11.4 Å². The minimum atomic E-state index is -1.33. The van der Waals surface area contributed by atoms with E-state index in [9.17, 15) is 19.7 Å². The summed E-state index contributed by atoms with van der Waals surface area (Å²) in [5.74, 6) is -2.12. The van der Waals surface area contributed by atoms with Crippen molar-refractivity contribution in [2.24, 2.45) is 7.05 Å². The van der Waals surface area contributed by atoms with Crippen LogP contribution in [-0.4, -0.2) is 31.7 Å². The third kappa shape index (κ3) is 2.98. The number of anilines is 1. The molecule has 0 aliphatic carbocycles. The van der Waals surface area contributed by atoms with Gasteiger partial charge in [-0.05, 0) is 6.07 Å². The third-order valence-electron chi connectivity index (χ3n) is 2.97. The minimum Gasteiger partial charge on any atom is -0.478 e. The highest BCUT2D eigenvalue weighted by Gasteiger charge is 2.22. The van der Waals surface area contributed by atoms with Gasteiger partial charge in [0.15, 0.2) is 0 Å². The van der Waals surface area contributed by atoms with Crippen molar-refractivity contribution in [3.05, 3.63) is 51.3 Å². The lowest BCUT2D eigenvalue weighted by Crippen LogP contribution is -2.20. The molecule has 10 nitrogen and oxygen atoms in total. The maximum Gasteiger partial charge on any atom is 0.339 e. The third-order valence-corrected chi connectivity index (χ3v) is 2.97. The molecule has 0 saturated carbocycles. The van der Waals surface area contributed by atoms with Crippen LogP contribution in [0.3, 0.4) is 0 Å². The number of nitrogens with zero attached hydrogens (tertiary/aromatic N) is 4. The van der Waals surface area contributed by atoms with Crippen LogP contribution in [-0.2, 0) is 7.05 Å². The van der Waals surface area contributed by atoms with E-state index >= 15 is 0 Å². The molecular weight excluding hydrogens is 306 g/mol. The Kier molecular flexibility index (Phi) is 4.04. The molecule has 2 aromatic rings. The largest absolute Gasteiger partial charge is 0.478 e. The molecule has 2 N–H and O–H groups in total. The number of non-ortho nitro benzene ring substituents is 1. The van der Waals surface area contributed by atoms with Crippen LogP contribution in [0.1, 0.15) is 26.4 Å². The smallest absolute Gasteiger partial charge is 0.339 e. The fourth-order valence-electron chi connectivity index (χ4n) is 1.89. The molecule has 0 bridgehead atoms. The second-order valence-electron chi connectivity index (χ2n) is 4.39. The van der Waals surface area contributed by atoms with Crippen LogP contribution in [0, 0.1) is 21.4 Å². The number of nitrogens with one attached hydrogen (secondary N) is 1. The lowest BCUT2D eigenvalue weighted by atomic mass is 10.1. The molecule has 1 aromatic carbocycles. The number of aromatic nitrogens is 2. The number of rotatable bonds is 4. The van der Waals surface area contributed by atoms with Crippen LogP contribution >= 0.6 is 0 Å². The first kappa shape index (κ1) is 15.6. The van der Waals surface area contributed by atoms with Crippen molar-refractivity contribution in [2.75, 3.05) is 5.32 Å². The summed E-state index contributed by atoms with van der Waals surface area (Å²) in [6.07, 6.45) is 1.03. The number of nitriles is 1. The lowest BCUT2D eigenvalue weighted by molar-refractivity contribution is -0.384. The molecule has 0 unspecified atom stereocenters. The number of aryl methyl sites for hydroxylation is 1. The number of hydrogen-bond acceptors (Lipinski definition) is 6. The highest BCUT2D eigenvalue weighted by Crippen LogP contribution is 2.22. The molecule has 23 heavy (non-hydrogen) atoms. The molecule has 0 aliphatic heterocycles. The van der Waals surface area contributed by atoms with Crippen LogP contribution in [0.5, 0.6) is 0 Å². The standard InChI is InChI=1S/C13H9N5O5/c1-17-11(9(6-15-17)13(20)21)12(19)16-10-3-2-8(18(22)23)4-7(10)5-14/h2-4,6H,1H3,(H,16,19)(H,20,21). The van der Waals surface area contributed by atoms with Gasteiger partial charge in [-0.1, -0.05) is 0 Å². The molecule has 0 radical (unpaired) electrons. The Balaban J connectivity index is 2.39. The number of nitro groups is 1. The predicted octanol–water partition coefficient (Wildman–Crippen LogP) is 1.15. The van der Waals surface area contributed by atoms with Crippen LogP contribution in [0.2, 0.25) is 0 Å². The summed E-state index contributed by atoms with van der Waals surface area (Å²) in [6, 6.07) is 5.07. The molecule has 0 aliphatic rings. The van der Waals surface area contributed by atoms with Crippen molar-refractivity contribution >= 4 is 23.3 Å². The van der Waals surface area contributed by atoms with E-state index < -0.39 is 16.8 Å². The van der Waals surface area contributed by atoms with Gasteiger partial charge in [0, 0.05) is 19.2 Å². The molecule has 0 atom stereocenters. The summed E-state index contributed by atoms with van der Waals surface area (Å²) in [4.78, 5) is 33.3. The Labute approximate surface area is 128 Å². The fourth-order valence-corrected chi connectivity index (χ4v) is 1.89. The van der Waals surface area contributed by atoms with E-state index in [-0.39, 0.29) is 28.2 Å². The van der Waals surface area contributed by atoms with E-state index in [1.807, 2.05) is 0 Å². The van der Waals surface area contributed by atoms with Crippen molar-refractivity contribution in [1.29, 1.82) is 5.26 Å². The summed E-state index contributed by atoms with van der Waals surface area (Å²) in [5, 5.41) is 34.8. The van der Waals surface area contributed by atoms with Gasteiger partial charge in [0.2, 0.25) is 0 Å². The van der Waals surface area contributed by atoms with E-state index in [4.69, 9.17) is 10.4 Å². The molecular formula is C13H9N5O5. The number of hydrogen-bond donors (Lipinski definition) is 2. The van der Waals surface area contributed by atoms with Gasteiger partial charge in [0.1, 0.15) is 17.3 Å². The maximum atomic E-state index is 12.2. The number of aromatic carboxylic acids is 1. The van der Waals surface area contributed by atoms with E-state index in [2.05, 4.69) is 10.4 Å². The Morgan fingerprint density at radius 2 is 2.17 bits per heavy atom. The summed E-state index contributed by atoms with van der Waals surface area (Å²) >= 11 is 0. The highest BCUT2D eigenvalue weighted by molar-refractivity contribution is 6.09. The van der Waals surface area contributed by atoms with Crippen molar-refractivity contribution in [3.63, 3.8) is 0 Å². The van der Waals surface area contributed by atoms with Gasteiger partial charge in [-0.3, -0.25) is 19.6 Å². The fraction of sp³-hybridized carbons (Fsp3) is 0.0769. The van der Waals surface area contributed by atoms with E-state index in [0.29, 0.717) is 0 Å². The van der Waals surface area contributed by atoms with Gasteiger partial charge in [-0.25, -0.2) is 4.79 Å². The molecule has 1 amide bonds. The first-order chi connectivity index (χ1) is 10.8. The van der Waals surface area contributed by atoms with Crippen LogP contribution in [0.15, 0.2) is 24.4 Å². The molecule has 0 saturated heterocycles. The van der Waals surface area contributed by atoms with Crippen molar-refractivity contribution < 1.29 is 19.6 Å². The van der Waals surface area contributed by atoms with Crippen molar-refractivity contribution in [3.8, 4) is 6.07 Å². The topological polar surface area (TPSA) is 151 Å². The first-order valence-corrected chi connectivity index (χ1v) is 6.10. The van der Waals surface area contributed by atoms with Gasteiger partial charge < -0.3 is 10.4 Å². The normalized spacial score (nSPS) is 9.91. The van der Waals surface area contributed by atoms with E-state index in [0.717, 1.165) is 23.0 Å². The van der Waals surface area contributed by atoms with E-state index in [1.54, 1.807) is 6.07 Å². The zero-order valence-corrected chi connectivity index (χ0v) is 11.7. The summed E-state index contributed by atoms with van der Waals surface area (Å²) < 4.78 is 1.08. The second-order valence-corrected chi connectivity index (χ2v) is 4.39. The molecule has 1 heterocycles. The molecule has 10 heteroatoms. The van der Waals surface area contributed by atoms with Gasteiger partial charge in [0.05, 0.1) is 22.4 Å². The first-order valence-electron chi connectivity index (χ1n) is 6.10. The minimum absolute atomic E-state index is 0.0284. The summed E-state index contributed by atoms with van der Waals surface area (Å²) in [7, 11) is 1.39. The number of carbonyl (C=O) groups excluding carboxylic acids is 1. The number of benzene rings is 1. The van der Waals surface area contributed by atoms with Crippen molar-refractivity contribution in [2.45, 2.75) is 0 Å². The lowest BCUT2D eigenvalue weighted by Gasteiger charge is -2.08. The number of carbonyl (C=O) groups is 2. The highest BCUT2D eigenvalue weighted by atomic mass is 16.6. The summed E-state index contributed by atoms with van der Waals surface area (Å²) in [5.41, 5.74) is -0.899. The molecule has 116 valence electrons. The average Bonchev–Trinajstić information content (AvgIpc) is 2.89. The van der Waals surface area contributed by atoms with Crippen molar-refractivity contribution in [1.82, 2.24) is 9.78 Å². The Morgan fingerprint density at radius 1 is 1.48 bits per heavy atom. The molecule has 1 aromatic heterocycles. The van der Waals surface area contributed by atoms with Crippen LogP contribution in [0.25, 0.3) is 0 Å². The predicted molar refractivity (Wildman–Crippen MR) is 75.9 cm³/mol. The molecule has 0 spiro atoms. The van der Waals surface area contributed by atoms with Gasteiger partial charge in [0.25, 0.3) is 11.6 Å². The zero-order chi connectivity index (χ0) is 17.1. The SMILES string of the molecule is Cn1ncc(C(=O)O)c1C(=O)Nc1ccc([N+](=O)[O-])cc1C#N. The van der Waals surface area contributed by atoms with Gasteiger partial charge in [-0.15, -0.1) is 0 Å². The van der Waals surface area contributed by atoms with Crippen LogP contribution < -0.4 is 5.32 Å². The van der Waals surface area contributed by atoms with E-state index in [1.165, 1.54) is 13.1 Å². The van der Waals surface area contributed by atoms with Gasteiger partial charge in [-0.2, -0.15) is 10.4 Å². The second kappa shape index (κ2) is 5.94. The quantitative estimate of drug-likeness (QED) is 0.634. The van der Waals surface area contributed by atoms with Gasteiger partial charge >= 0.3 is 5.97 Å². The average molecular weight is 315 g/mol. The number of carboxylic acid groups (broad SMARTS) is 1. The number of nitro benzene ring substituents is 1. The number of amides is 1.